The fourth-order valence-electron chi connectivity index (χ4n) is 3.45. The van der Waals surface area contributed by atoms with E-state index in [9.17, 15) is 18.0 Å². The summed E-state index contributed by atoms with van der Waals surface area (Å²) >= 11 is 0. The van der Waals surface area contributed by atoms with Gasteiger partial charge in [-0.3, -0.25) is 9.10 Å². The monoisotopic (exact) mass is 512 g/mol. The van der Waals surface area contributed by atoms with Crippen molar-refractivity contribution in [2.24, 2.45) is 0 Å². The molecule has 0 atom stereocenters. The highest BCUT2D eigenvalue weighted by Crippen LogP contribution is 2.32. The average Bonchev–Trinajstić information content (AvgIpc) is 2.88. The van der Waals surface area contributed by atoms with E-state index in [0.29, 0.717) is 22.7 Å². The van der Waals surface area contributed by atoms with Crippen molar-refractivity contribution in [3.05, 3.63) is 77.4 Å². The molecule has 9 nitrogen and oxygen atoms in total. The first-order valence-electron chi connectivity index (χ1n) is 10.9. The van der Waals surface area contributed by atoms with Crippen molar-refractivity contribution in [3.8, 4) is 11.5 Å². The molecule has 0 bridgehead atoms. The van der Waals surface area contributed by atoms with Gasteiger partial charge >= 0.3 is 5.97 Å². The second-order valence-corrected chi connectivity index (χ2v) is 9.80. The summed E-state index contributed by atoms with van der Waals surface area (Å²) in [7, 11) is -0.0644. The van der Waals surface area contributed by atoms with Crippen molar-refractivity contribution in [3.63, 3.8) is 0 Å². The van der Waals surface area contributed by atoms with E-state index in [4.69, 9.17) is 14.2 Å². The molecule has 0 heterocycles. The van der Waals surface area contributed by atoms with Gasteiger partial charge in [-0.25, -0.2) is 13.2 Å². The highest BCUT2D eigenvalue weighted by atomic mass is 32.2. The fraction of sp³-hybridized carbons (Fsp3) is 0.231. The van der Waals surface area contributed by atoms with Crippen LogP contribution in [0.15, 0.2) is 65.6 Å². The third kappa shape index (κ3) is 5.77. The Bertz CT molecular complexity index is 1370. The van der Waals surface area contributed by atoms with Crippen LogP contribution in [0.4, 0.5) is 11.4 Å². The van der Waals surface area contributed by atoms with E-state index < -0.39 is 28.4 Å². The van der Waals surface area contributed by atoms with Gasteiger partial charge in [0, 0.05) is 11.8 Å². The Morgan fingerprint density at radius 1 is 0.861 bits per heavy atom. The number of esters is 1. The smallest absolute Gasteiger partial charge is 0.337 e. The minimum absolute atomic E-state index is 0.0719. The van der Waals surface area contributed by atoms with Crippen molar-refractivity contribution < 1.29 is 32.2 Å². The van der Waals surface area contributed by atoms with Crippen LogP contribution in [0.25, 0.3) is 0 Å². The number of rotatable bonds is 9. The second kappa shape index (κ2) is 11.1. The van der Waals surface area contributed by atoms with Gasteiger partial charge in [0.1, 0.15) is 6.54 Å². The molecule has 0 saturated heterocycles. The van der Waals surface area contributed by atoms with Gasteiger partial charge in [-0.1, -0.05) is 23.8 Å². The Morgan fingerprint density at radius 2 is 1.53 bits per heavy atom. The van der Waals surface area contributed by atoms with E-state index in [2.05, 4.69) is 5.32 Å². The van der Waals surface area contributed by atoms with Crippen LogP contribution in [0.5, 0.6) is 11.5 Å². The number of hydrogen-bond donors (Lipinski definition) is 1. The summed E-state index contributed by atoms with van der Waals surface area (Å²) in [5, 5.41) is 2.71. The summed E-state index contributed by atoms with van der Waals surface area (Å²) in [4.78, 5) is 24.9. The zero-order valence-corrected chi connectivity index (χ0v) is 21.5. The Kier molecular flexibility index (Phi) is 8.21. The number of nitrogens with one attached hydrogen (secondary N) is 1. The lowest BCUT2D eigenvalue weighted by molar-refractivity contribution is -0.114. The lowest BCUT2D eigenvalue weighted by Crippen LogP contribution is -2.38. The number of methoxy groups -OCH3 is 3. The summed E-state index contributed by atoms with van der Waals surface area (Å²) in [6.45, 7) is 3.12. The molecule has 0 aliphatic heterocycles. The minimum Gasteiger partial charge on any atom is -0.493 e. The number of hydrogen-bond acceptors (Lipinski definition) is 7. The van der Waals surface area contributed by atoms with Crippen LogP contribution in [-0.4, -0.2) is 48.2 Å². The summed E-state index contributed by atoms with van der Waals surface area (Å²) in [5.74, 6) is -0.535. The first kappa shape index (κ1) is 26.6. The van der Waals surface area contributed by atoms with Gasteiger partial charge in [-0.05, 0) is 55.8 Å². The number of aryl methyl sites for hydroxylation is 2. The molecule has 1 amide bonds. The Labute approximate surface area is 210 Å². The average molecular weight is 513 g/mol. The molecule has 1 N–H and O–H groups in total. The molecule has 3 aromatic rings. The molecule has 0 spiro atoms. The molecule has 0 radical (unpaired) electrons. The van der Waals surface area contributed by atoms with Crippen LogP contribution in [-0.2, 0) is 19.6 Å². The van der Waals surface area contributed by atoms with E-state index in [-0.39, 0.29) is 16.2 Å². The Morgan fingerprint density at radius 3 is 2.14 bits per heavy atom. The number of anilines is 2. The number of carbonyl (C=O) groups excluding carboxylic acids is 2. The lowest BCUT2D eigenvalue weighted by atomic mass is 10.1. The van der Waals surface area contributed by atoms with Gasteiger partial charge in [0.05, 0.1) is 37.5 Å². The van der Waals surface area contributed by atoms with E-state index in [1.165, 1.54) is 45.6 Å². The largest absolute Gasteiger partial charge is 0.493 e. The van der Waals surface area contributed by atoms with Gasteiger partial charge in [-0.2, -0.15) is 0 Å². The maximum absolute atomic E-state index is 13.7. The van der Waals surface area contributed by atoms with E-state index in [1.807, 2.05) is 6.92 Å². The van der Waals surface area contributed by atoms with Gasteiger partial charge < -0.3 is 19.5 Å². The summed E-state index contributed by atoms with van der Waals surface area (Å²) in [5.41, 5.74) is 2.56. The molecule has 10 heteroatoms. The SMILES string of the molecule is COC(=O)c1ccc(C)c(NC(=O)CN(c2ccc(C)cc2)S(=O)(=O)c2ccc(OC)c(OC)c2)c1. The number of sulfonamides is 1. The summed E-state index contributed by atoms with van der Waals surface area (Å²) in [6, 6.07) is 15.7. The highest BCUT2D eigenvalue weighted by molar-refractivity contribution is 7.92. The molecule has 0 fully saturated rings. The van der Waals surface area contributed by atoms with E-state index in [1.54, 1.807) is 43.3 Å². The molecule has 0 saturated carbocycles. The zero-order valence-electron chi connectivity index (χ0n) is 20.7. The summed E-state index contributed by atoms with van der Waals surface area (Å²) in [6.07, 6.45) is 0. The molecule has 0 unspecified atom stereocenters. The molecule has 0 aliphatic carbocycles. The molecular formula is C26H28N2O7S. The van der Waals surface area contributed by atoms with Crippen molar-refractivity contribution in [1.82, 2.24) is 0 Å². The van der Waals surface area contributed by atoms with E-state index >= 15 is 0 Å². The number of amides is 1. The molecule has 0 aliphatic rings. The molecule has 190 valence electrons. The minimum atomic E-state index is -4.18. The van der Waals surface area contributed by atoms with E-state index in [0.717, 1.165) is 9.87 Å². The molecule has 3 rings (SSSR count). The molecule has 36 heavy (non-hydrogen) atoms. The number of nitrogens with zero attached hydrogens (tertiary/aromatic N) is 1. The van der Waals surface area contributed by atoms with Gasteiger partial charge in [-0.15, -0.1) is 0 Å². The maximum Gasteiger partial charge on any atom is 0.337 e. The zero-order chi connectivity index (χ0) is 26.5. The molecular weight excluding hydrogens is 484 g/mol. The quantitative estimate of drug-likeness (QED) is 0.432. The number of carbonyl (C=O) groups is 2. The van der Waals surface area contributed by atoms with Crippen molar-refractivity contribution in [2.45, 2.75) is 18.7 Å². The van der Waals surface area contributed by atoms with Crippen LogP contribution >= 0.6 is 0 Å². The van der Waals surface area contributed by atoms with Gasteiger partial charge in [0.2, 0.25) is 5.91 Å². The maximum atomic E-state index is 13.7. The number of ether oxygens (including phenoxy) is 3. The van der Waals surface area contributed by atoms with Crippen LogP contribution in [0.1, 0.15) is 21.5 Å². The lowest BCUT2D eigenvalue weighted by Gasteiger charge is -2.25. The molecule has 3 aromatic carbocycles. The van der Waals surface area contributed by atoms with Gasteiger partial charge in [0.25, 0.3) is 10.0 Å². The third-order valence-electron chi connectivity index (χ3n) is 5.48. The number of benzene rings is 3. The first-order valence-corrected chi connectivity index (χ1v) is 12.3. The van der Waals surface area contributed by atoms with Crippen LogP contribution in [0, 0.1) is 13.8 Å². The van der Waals surface area contributed by atoms with Crippen molar-refractivity contribution >= 4 is 33.3 Å². The van der Waals surface area contributed by atoms with Crippen molar-refractivity contribution in [2.75, 3.05) is 37.5 Å². The van der Waals surface area contributed by atoms with Crippen LogP contribution in [0.3, 0.4) is 0 Å². The Balaban J connectivity index is 1.99. The first-order chi connectivity index (χ1) is 17.1. The predicted octanol–water partition coefficient (Wildman–Crippen LogP) is 3.94. The normalized spacial score (nSPS) is 10.9. The van der Waals surface area contributed by atoms with Gasteiger partial charge in [0.15, 0.2) is 11.5 Å². The topological polar surface area (TPSA) is 111 Å². The second-order valence-electron chi connectivity index (χ2n) is 7.93. The van der Waals surface area contributed by atoms with Crippen LogP contribution in [0.2, 0.25) is 0 Å². The third-order valence-corrected chi connectivity index (χ3v) is 7.25. The fourth-order valence-corrected chi connectivity index (χ4v) is 4.89. The van der Waals surface area contributed by atoms with Crippen molar-refractivity contribution in [1.29, 1.82) is 0 Å². The predicted molar refractivity (Wildman–Crippen MR) is 136 cm³/mol. The highest BCUT2D eigenvalue weighted by Gasteiger charge is 2.28. The molecule has 0 aromatic heterocycles. The Hall–Kier alpha value is -4.05. The summed E-state index contributed by atoms with van der Waals surface area (Å²) < 4.78 is 43.6. The van der Waals surface area contributed by atoms with Crippen LogP contribution < -0.4 is 19.1 Å². The standard InChI is InChI=1S/C26H28N2O7S/c1-17-6-10-20(11-7-17)28(36(31,32)21-12-13-23(33-3)24(15-21)34-4)16-25(29)27-22-14-19(26(30)35-5)9-8-18(22)2/h6-15H,16H2,1-5H3,(H,27,29).